The zero-order valence-corrected chi connectivity index (χ0v) is 13.1. The van der Waals surface area contributed by atoms with Gasteiger partial charge in [-0.05, 0) is 12.5 Å². The van der Waals surface area contributed by atoms with Gasteiger partial charge >= 0.3 is 30.1 Å². The van der Waals surface area contributed by atoms with E-state index in [2.05, 4.69) is 0 Å². The van der Waals surface area contributed by atoms with Crippen LogP contribution in [0.5, 0.6) is 0 Å². The van der Waals surface area contributed by atoms with Gasteiger partial charge in [-0.15, -0.1) is 0 Å². The average molecular weight is 417 g/mol. The predicted molar refractivity (Wildman–Crippen MR) is 70.4 cm³/mol. The molecule has 0 aliphatic rings. The molecule has 0 radical (unpaired) electrons. The van der Waals surface area contributed by atoms with Gasteiger partial charge < -0.3 is 0 Å². The molecule has 2 nitrogen and oxygen atoms in total. The van der Waals surface area contributed by atoms with Crippen LogP contribution in [0.2, 0.25) is 0 Å². The van der Waals surface area contributed by atoms with Crippen molar-refractivity contribution in [2.24, 2.45) is 5.18 Å². The van der Waals surface area contributed by atoms with E-state index in [0.29, 0.717) is 5.56 Å². The summed E-state index contributed by atoms with van der Waals surface area (Å²) < 4.78 is 144. The third kappa shape index (κ3) is 3.59. The van der Waals surface area contributed by atoms with Crippen LogP contribution in [-0.4, -0.2) is 36.3 Å². The topological polar surface area (TPSA) is 29.4 Å². The van der Waals surface area contributed by atoms with Crippen LogP contribution < -0.4 is 0 Å². The second-order valence-corrected chi connectivity index (χ2v) is 5.56. The number of nitroso groups, excluding NO2 is 1. The van der Waals surface area contributed by atoms with Crippen molar-refractivity contribution in [3.05, 3.63) is 40.3 Å². The van der Waals surface area contributed by atoms with Crippen LogP contribution in [0, 0.1) is 11.8 Å². The molecule has 13 heteroatoms. The molecule has 1 rings (SSSR count). The number of nitrogens with zero attached hydrogens (tertiary/aromatic N) is 1. The third-order valence-corrected chi connectivity index (χ3v) is 3.66. The summed E-state index contributed by atoms with van der Waals surface area (Å²) in [6.07, 6.45) is -9.98. The highest BCUT2D eigenvalue weighted by atomic mass is 19.4. The maximum absolute atomic E-state index is 14.0. The Labute approximate surface area is 144 Å². The van der Waals surface area contributed by atoms with Crippen LogP contribution >= 0.6 is 0 Å². The molecule has 2 atom stereocenters. The molecular formula is C14H10F11NO. The lowest BCUT2D eigenvalue weighted by Gasteiger charge is -2.38. The number of benzene rings is 1. The van der Waals surface area contributed by atoms with Crippen LogP contribution in [0.25, 0.3) is 0 Å². The van der Waals surface area contributed by atoms with Crippen LogP contribution in [-0.2, 0) is 0 Å². The highest BCUT2D eigenvalue weighted by Crippen LogP contribution is 2.56. The fourth-order valence-electron chi connectivity index (χ4n) is 1.97. The van der Waals surface area contributed by atoms with Crippen molar-refractivity contribution in [1.82, 2.24) is 0 Å². The first-order chi connectivity index (χ1) is 12.1. The molecule has 0 amide bonds. The zero-order valence-electron chi connectivity index (χ0n) is 13.1. The van der Waals surface area contributed by atoms with E-state index < -0.39 is 47.9 Å². The Morgan fingerprint density at radius 1 is 0.778 bits per heavy atom. The first-order valence-electron chi connectivity index (χ1n) is 6.88. The maximum Gasteiger partial charge on any atom is 0.384 e. The SMILES string of the molecule is Cc1ccc(C(N=O)C(F)C(F)(F)C(F)(F)C(F)(F)C(F)(F)C(F)F)cc1. The Kier molecular flexibility index (Phi) is 6.18. The van der Waals surface area contributed by atoms with Crippen molar-refractivity contribution in [3.63, 3.8) is 0 Å². The predicted octanol–water partition coefficient (Wildman–Crippen LogP) is 5.95. The first-order valence-corrected chi connectivity index (χ1v) is 6.88. The summed E-state index contributed by atoms with van der Waals surface area (Å²) in [6, 6.07) is 0.788. The highest BCUT2D eigenvalue weighted by Gasteiger charge is 2.84. The molecule has 0 saturated carbocycles. The molecule has 0 aromatic heterocycles. The van der Waals surface area contributed by atoms with Crippen molar-refractivity contribution < 1.29 is 48.3 Å². The lowest BCUT2D eigenvalue weighted by Crippen LogP contribution is -2.66. The summed E-state index contributed by atoms with van der Waals surface area (Å²) in [7, 11) is 0. The molecule has 0 aliphatic carbocycles. The van der Waals surface area contributed by atoms with E-state index in [-0.39, 0.29) is 0 Å². The maximum atomic E-state index is 14.0. The minimum atomic E-state index is -7.34. The van der Waals surface area contributed by atoms with E-state index in [4.69, 9.17) is 0 Å². The number of halogens is 11. The molecule has 0 bridgehead atoms. The molecule has 0 spiro atoms. The van der Waals surface area contributed by atoms with E-state index in [1.54, 1.807) is 0 Å². The number of aryl methyl sites for hydroxylation is 1. The van der Waals surface area contributed by atoms with Crippen molar-refractivity contribution in [2.75, 3.05) is 0 Å². The molecule has 0 fully saturated rings. The van der Waals surface area contributed by atoms with Crippen molar-refractivity contribution in [2.45, 2.75) is 49.3 Å². The van der Waals surface area contributed by atoms with E-state index in [1.165, 1.54) is 6.92 Å². The fraction of sp³-hybridized carbons (Fsp3) is 0.571. The quantitative estimate of drug-likeness (QED) is 0.380. The van der Waals surface area contributed by atoms with Crippen LogP contribution in [0.4, 0.5) is 48.3 Å². The van der Waals surface area contributed by atoms with Gasteiger partial charge in [0, 0.05) is 0 Å². The lowest BCUT2D eigenvalue weighted by atomic mass is 9.90. The van der Waals surface area contributed by atoms with Crippen molar-refractivity contribution in [3.8, 4) is 0 Å². The van der Waals surface area contributed by atoms with Crippen molar-refractivity contribution in [1.29, 1.82) is 0 Å². The highest BCUT2D eigenvalue weighted by molar-refractivity contribution is 5.26. The van der Waals surface area contributed by atoms with Crippen molar-refractivity contribution >= 4 is 0 Å². The Hall–Kier alpha value is -1.95. The molecule has 2 unspecified atom stereocenters. The van der Waals surface area contributed by atoms with Crippen LogP contribution in [0.3, 0.4) is 0 Å². The average Bonchev–Trinajstić information content (AvgIpc) is 2.56. The Balaban J connectivity index is 3.39. The van der Waals surface area contributed by atoms with Crippen LogP contribution in [0.15, 0.2) is 29.4 Å². The molecular weight excluding hydrogens is 407 g/mol. The van der Waals surface area contributed by atoms with Gasteiger partial charge in [0.25, 0.3) is 0 Å². The third-order valence-electron chi connectivity index (χ3n) is 3.66. The minimum absolute atomic E-state index is 0.444. The van der Waals surface area contributed by atoms with Gasteiger partial charge in [-0.1, -0.05) is 35.0 Å². The molecule has 0 saturated heterocycles. The zero-order chi connectivity index (χ0) is 21.4. The summed E-state index contributed by atoms with van der Waals surface area (Å²) in [4.78, 5) is 10.6. The summed E-state index contributed by atoms with van der Waals surface area (Å²) in [5.41, 5.74) is -0.304. The van der Waals surface area contributed by atoms with Gasteiger partial charge in [0.05, 0.1) is 0 Å². The molecule has 1 aromatic rings. The molecule has 0 heterocycles. The van der Waals surface area contributed by atoms with E-state index >= 15 is 0 Å². The number of rotatable bonds is 8. The second-order valence-electron chi connectivity index (χ2n) is 5.56. The van der Waals surface area contributed by atoms with Gasteiger partial charge in [-0.25, -0.2) is 13.2 Å². The van der Waals surface area contributed by atoms with Crippen LogP contribution in [0.1, 0.15) is 17.2 Å². The molecule has 154 valence electrons. The van der Waals surface area contributed by atoms with E-state index in [1.807, 2.05) is 5.18 Å². The Morgan fingerprint density at radius 3 is 1.56 bits per heavy atom. The number of hydrogen-bond donors (Lipinski definition) is 0. The van der Waals surface area contributed by atoms with E-state index in [0.717, 1.165) is 24.3 Å². The number of alkyl halides is 11. The Bertz CT molecular complexity index is 660. The monoisotopic (exact) mass is 417 g/mol. The largest absolute Gasteiger partial charge is 0.384 e. The summed E-state index contributed by atoms with van der Waals surface area (Å²) in [6.45, 7) is 1.45. The van der Waals surface area contributed by atoms with Gasteiger partial charge in [-0.2, -0.15) is 40.0 Å². The van der Waals surface area contributed by atoms with Gasteiger partial charge in [-0.3, -0.25) is 0 Å². The number of hydrogen-bond acceptors (Lipinski definition) is 2. The smallest absolute Gasteiger partial charge is 0.238 e. The summed E-state index contributed by atoms with van der Waals surface area (Å²) in [5, 5.41) is 1.83. The molecule has 27 heavy (non-hydrogen) atoms. The second kappa shape index (κ2) is 7.23. The molecule has 0 aliphatic heterocycles. The normalized spacial score (nSPS) is 16.3. The fourth-order valence-corrected chi connectivity index (χ4v) is 1.97. The van der Waals surface area contributed by atoms with E-state index in [9.17, 15) is 53.2 Å². The molecule has 0 N–H and O–H groups in total. The Morgan fingerprint density at radius 2 is 1.19 bits per heavy atom. The standard InChI is InChI=1S/C14H10F11NO/c1-6-2-4-7(5-3-6)8(26-27)9(15)11(18,19)13(22,23)14(24,25)12(20,21)10(16)17/h2-5,8-10H,1H3. The lowest BCUT2D eigenvalue weighted by molar-refractivity contribution is -0.391. The summed E-state index contributed by atoms with van der Waals surface area (Å²) >= 11 is 0. The minimum Gasteiger partial charge on any atom is -0.238 e. The van der Waals surface area contributed by atoms with Gasteiger partial charge in [0.1, 0.15) is 0 Å². The van der Waals surface area contributed by atoms with Gasteiger partial charge in [0.15, 0.2) is 12.2 Å². The first kappa shape index (κ1) is 23.1. The van der Waals surface area contributed by atoms with Gasteiger partial charge in [0.2, 0.25) is 0 Å². The summed E-state index contributed by atoms with van der Waals surface area (Å²) in [5.74, 6) is -28.2. The molecule has 1 aromatic carbocycles.